The van der Waals surface area contributed by atoms with E-state index in [-0.39, 0.29) is 12.0 Å². The molecule has 0 spiro atoms. The van der Waals surface area contributed by atoms with E-state index in [1.54, 1.807) is 6.08 Å². The van der Waals surface area contributed by atoms with Gasteiger partial charge in [0.15, 0.2) is 0 Å². The minimum atomic E-state index is -0.283. The highest BCUT2D eigenvalue weighted by Crippen LogP contribution is 2.14. The van der Waals surface area contributed by atoms with Gasteiger partial charge in [0.25, 0.3) is 0 Å². The second-order valence-electron chi connectivity index (χ2n) is 4.51. The predicted molar refractivity (Wildman–Crippen MR) is 85.5 cm³/mol. The van der Waals surface area contributed by atoms with Crippen molar-refractivity contribution >= 4 is 21.9 Å². The van der Waals surface area contributed by atoms with Crippen LogP contribution in [0.1, 0.15) is 12.5 Å². The van der Waals surface area contributed by atoms with E-state index in [0.29, 0.717) is 13.2 Å². The van der Waals surface area contributed by atoms with Crippen molar-refractivity contribution in [2.45, 2.75) is 19.5 Å². The average Bonchev–Trinajstić information content (AvgIpc) is 2.39. The van der Waals surface area contributed by atoms with Crippen LogP contribution in [-0.2, 0) is 16.1 Å². The molecule has 0 aromatic heterocycles. The summed E-state index contributed by atoms with van der Waals surface area (Å²) < 4.78 is 5.98. The molecule has 0 saturated carbocycles. The Kier molecular flexibility index (Phi) is 7.26. The van der Waals surface area contributed by atoms with Crippen molar-refractivity contribution in [1.29, 1.82) is 0 Å². The van der Waals surface area contributed by atoms with Crippen molar-refractivity contribution in [1.82, 2.24) is 4.90 Å². The van der Waals surface area contributed by atoms with Gasteiger partial charge in [0.1, 0.15) is 6.61 Å². The topological polar surface area (TPSA) is 29.5 Å². The van der Waals surface area contributed by atoms with Crippen LogP contribution in [0.5, 0.6) is 0 Å². The van der Waals surface area contributed by atoms with Crippen LogP contribution in [0, 0.1) is 0 Å². The zero-order valence-electron chi connectivity index (χ0n) is 11.7. The summed E-state index contributed by atoms with van der Waals surface area (Å²) >= 11 is 3.39. The Balaban J connectivity index is 2.77. The molecule has 0 saturated heterocycles. The van der Waals surface area contributed by atoms with Gasteiger partial charge in [-0.3, -0.25) is 9.69 Å². The number of rotatable bonds is 8. The fraction of sp³-hybridized carbons (Fsp3) is 0.312. The van der Waals surface area contributed by atoms with Gasteiger partial charge in [-0.25, -0.2) is 0 Å². The van der Waals surface area contributed by atoms with Crippen molar-refractivity contribution < 1.29 is 9.53 Å². The number of halogens is 1. The van der Waals surface area contributed by atoms with Gasteiger partial charge in [-0.15, -0.1) is 6.58 Å². The van der Waals surface area contributed by atoms with E-state index in [0.717, 1.165) is 11.0 Å². The molecule has 1 unspecified atom stereocenters. The van der Waals surface area contributed by atoms with E-state index in [1.165, 1.54) is 12.5 Å². The molecule has 0 aliphatic carbocycles. The molecule has 1 aromatic rings. The second kappa shape index (κ2) is 8.72. The fourth-order valence-corrected chi connectivity index (χ4v) is 2.18. The molecule has 0 radical (unpaired) electrons. The van der Waals surface area contributed by atoms with E-state index >= 15 is 0 Å². The molecule has 0 N–H and O–H groups in total. The van der Waals surface area contributed by atoms with Gasteiger partial charge in [-0.2, -0.15) is 0 Å². The maximum absolute atomic E-state index is 11.0. The molecular formula is C16H20BrNO2. The first-order valence-electron chi connectivity index (χ1n) is 6.40. The predicted octanol–water partition coefficient (Wildman–Crippen LogP) is 3.51. The molecule has 0 bridgehead atoms. The van der Waals surface area contributed by atoms with Gasteiger partial charge < -0.3 is 4.74 Å². The highest BCUT2D eigenvalue weighted by atomic mass is 79.9. The molecule has 0 amide bonds. The Morgan fingerprint density at radius 2 is 2.10 bits per heavy atom. The Hall–Kier alpha value is -1.39. The summed E-state index contributed by atoms with van der Waals surface area (Å²) in [5.74, 6) is -0.283. The summed E-state index contributed by atoms with van der Waals surface area (Å²) in [7, 11) is 0. The van der Waals surface area contributed by atoms with Gasteiger partial charge in [0.05, 0.1) is 6.04 Å². The zero-order valence-corrected chi connectivity index (χ0v) is 13.3. The van der Waals surface area contributed by atoms with Crippen molar-refractivity contribution in [2.75, 3.05) is 13.2 Å². The van der Waals surface area contributed by atoms with Crippen LogP contribution < -0.4 is 0 Å². The number of carbonyl (C=O) groups is 1. The van der Waals surface area contributed by atoms with Gasteiger partial charge in [-0.1, -0.05) is 58.9 Å². The van der Waals surface area contributed by atoms with Crippen molar-refractivity contribution in [2.24, 2.45) is 0 Å². The molecule has 3 nitrogen and oxygen atoms in total. The maximum atomic E-state index is 11.0. The Morgan fingerprint density at radius 3 is 2.60 bits per heavy atom. The highest BCUT2D eigenvalue weighted by molar-refractivity contribution is 9.11. The molecule has 0 aliphatic heterocycles. The van der Waals surface area contributed by atoms with Crippen LogP contribution in [0.3, 0.4) is 0 Å². The summed E-state index contributed by atoms with van der Waals surface area (Å²) in [6.07, 6.45) is 1.79. The molecule has 1 atom stereocenters. The molecule has 0 heterocycles. The monoisotopic (exact) mass is 337 g/mol. The van der Waals surface area contributed by atoms with Crippen LogP contribution >= 0.6 is 15.9 Å². The lowest BCUT2D eigenvalue weighted by molar-refractivity contribution is -0.142. The van der Waals surface area contributed by atoms with E-state index in [4.69, 9.17) is 4.74 Å². The van der Waals surface area contributed by atoms with Gasteiger partial charge in [0.2, 0.25) is 0 Å². The van der Waals surface area contributed by atoms with Crippen LogP contribution in [0.4, 0.5) is 0 Å². The van der Waals surface area contributed by atoms with Crippen LogP contribution in [0.2, 0.25) is 0 Å². The van der Waals surface area contributed by atoms with Gasteiger partial charge >= 0.3 is 5.97 Å². The van der Waals surface area contributed by atoms with E-state index in [1.807, 2.05) is 18.2 Å². The number of carbonyl (C=O) groups excluding carboxylic acids is 1. The minimum Gasteiger partial charge on any atom is -0.464 e. The third-order valence-electron chi connectivity index (χ3n) is 2.80. The largest absolute Gasteiger partial charge is 0.464 e. The lowest BCUT2D eigenvalue weighted by Gasteiger charge is -2.29. The maximum Gasteiger partial charge on any atom is 0.302 e. The molecule has 0 fully saturated rings. The van der Waals surface area contributed by atoms with Crippen molar-refractivity contribution in [3.8, 4) is 0 Å². The van der Waals surface area contributed by atoms with Crippen LogP contribution in [0.25, 0.3) is 0 Å². The first kappa shape index (κ1) is 16.7. The highest BCUT2D eigenvalue weighted by Gasteiger charge is 2.17. The minimum absolute atomic E-state index is 0.0478. The first-order valence-corrected chi connectivity index (χ1v) is 7.19. The molecule has 1 rings (SSSR count). The summed E-state index contributed by atoms with van der Waals surface area (Å²) in [5.41, 5.74) is 1.19. The number of hydrogen-bond acceptors (Lipinski definition) is 3. The summed E-state index contributed by atoms with van der Waals surface area (Å²) in [4.78, 5) is 13.1. The third kappa shape index (κ3) is 6.17. The quantitative estimate of drug-likeness (QED) is 0.537. The molecule has 0 aliphatic rings. The Bertz CT molecular complexity index is 459. The molecule has 4 heteroatoms. The SMILES string of the molecule is C=CC(COC(C)=O)N(CC(=C)Br)Cc1ccccc1. The number of nitrogens with zero attached hydrogens (tertiary/aromatic N) is 1. The summed E-state index contributed by atoms with van der Waals surface area (Å²) in [5, 5.41) is 0. The van der Waals surface area contributed by atoms with E-state index in [9.17, 15) is 4.79 Å². The van der Waals surface area contributed by atoms with Crippen molar-refractivity contribution in [3.63, 3.8) is 0 Å². The van der Waals surface area contributed by atoms with Gasteiger partial charge in [0, 0.05) is 24.5 Å². The molecule has 20 heavy (non-hydrogen) atoms. The number of benzene rings is 1. The smallest absolute Gasteiger partial charge is 0.302 e. The standard InChI is InChI=1S/C16H20BrNO2/c1-4-16(12-20-14(3)19)18(10-13(2)17)11-15-8-6-5-7-9-15/h4-9,16H,1-2,10-12H2,3H3. The summed E-state index contributed by atoms with van der Waals surface area (Å²) in [6, 6.07) is 10.1. The lowest BCUT2D eigenvalue weighted by atomic mass is 10.1. The van der Waals surface area contributed by atoms with Crippen molar-refractivity contribution in [3.05, 3.63) is 59.6 Å². The average molecular weight is 338 g/mol. The zero-order chi connectivity index (χ0) is 15.0. The third-order valence-corrected chi connectivity index (χ3v) is 3.05. The van der Waals surface area contributed by atoms with E-state index in [2.05, 4.69) is 46.1 Å². The number of hydrogen-bond donors (Lipinski definition) is 0. The Labute approximate surface area is 129 Å². The Morgan fingerprint density at radius 1 is 1.45 bits per heavy atom. The number of esters is 1. The van der Waals surface area contributed by atoms with Crippen LogP contribution in [0.15, 0.2) is 54.0 Å². The normalized spacial score (nSPS) is 11.9. The number of ether oxygens (including phenoxy) is 1. The lowest BCUT2D eigenvalue weighted by Crippen LogP contribution is -2.38. The summed E-state index contributed by atoms with van der Waals surface area (Å²) in [6.45, 7) is 10.8. The van der Waals surface area contributed by atoms with E-state index < -0.39 is 0 Å². The first-order chi connectivity index (χ1) is 9.52. The fourth-order valence-electron chi connectivity index (χ4n) is 1.85. The molecule has 108 valence electrons. The molecule has 1 aromatic carbocycles. The second-order valence-corrected chi connectivity index (χ2v) is 5.63. The van der Waals surface area contributed by atoms with Crippen LogP contribution in [-0.4, -0.2) is 30.1 Å². The van der Waals surface area contributed by atoms with Gasteiger partial charge in [-0.05, 0) is 5.56 Å². The molecular weight excluding hydrogens is 318 g/mol.